The Balaban J connectivity index is 2.63. The van der Waals surface area contributed by atoms with Crippen molar-refractivity contribution >= 4 is 15.9 Å². The molecule has 0 radical (unpaired) electrons. The van der Waals surface area contributed by atoms with E-state index >= 15 is 0 Å². The van der Waals surface area contributed by atoms with Gasteiger partial charge in [-0.05, 0) is 28.1 Å². The van der Waals surface area contributed by atoms with E-state index in [1.165, 1.54) is 0 Å². The lowest BCUT2D eigenvalue weighted by molar-refractivity contribution is -0.514. The molecule has 0 saturated heterocycles. The van der Waals surface area contributed by atoms with E-state index in [1.807, 2.05) is 6.07 Å². The third-order valence-electron chi connectivity index (χ3n) is 1.16. The summed E-state index contributed by atoms with van der Waals surface area (Å²) in [6, 6.07) is 6.98. The average Bonchev–Trinajstić information content (AvgIpc) is 2.03. The predicted octanol–water partition coefficient (Wildman–Crippen LogP) is 2.06. The van der Waals surface area contributed by atoms with Crippen LogP contribution >= 0.6 is 15.9 Å². The summed E-state index contributed by atoms with van der Waals surface area (Å²) in [4.78, 5) is 9.42. The SMILES string of the molecule is O=[N+]([O-])COc1ccccc1Br. The van der Waals surface area contributed by atoms with Crippen molar-refractivity contribution in [3.63, 3.8) is 0 Å². The molecule has 0 aliphatic rings. The molecule has 64 valence electrons. The predicted molar refractivity (Wildman–Crippen MR) is 46.6 cm³/mol. The molecule has 1 aromatic rings. The van der Waals surface area contributed by atoms with Gasteiger partial charge in [-0.15, -0.1) is 0 Å². The van der Waals surface area contributed by atoms with Crippen LogP contribution in [-0.2, 0) is 0 Å². The summed E-state index contributed by atoms with van der Waals surface area (Å²) >= 11 is 3.20. The average molecular weight is 232 g/mol. The van der Waals surface area contributed by atoms with E-state index in [2.05, 4.69) is 15.9 Å². The lowest BCUT2D eigenvalue weighted by atomic mass is 10.3. The zero-order chi connectivity index (χ0) is 8.97. The molecule has 0 fully saturated rings. The Bertz CT molecular complexity index is 290. The van der Waals surface area contributed by atoms with Crippen molar-refractivity contribution in [3.05, 3.63) is 38.9 Å². The highest BCUT2D eigenvalue weighted by Gasteiger charge is 2.01. The van der Waals surface area contributed by atoms with Crippen LogP contribution in [0.25, 0.3) is 0 Å². The van der Waals surface area contributed by atoms with Crippen molar-refractivity contribution in [2.45, 2.75) is 0 Å². The van der Waals surface area contributed by atoms with Gasteiger partial charge in [-0.25, -0.2) is 0 Å². The number of rotatable bonds is 3. The summed E-state index contributed by atoms with van der Waals surface area (Å²) in [6.07, 6.45) is 0. The molecule has 4 nitrogen and oxygen atoms in total. The summed E-state index contributed by atoms with van der Waals surface area (Å²) in [5, 5.41) is 9.95. The Morgan fingerprint density at radius 3 is 2.75 bits per heavy atom. The molecule has 0 amide bonds. The molecule has 0 N–H and O–H groups in total. The normalized spacial score (nSPS) is 9.42. The number of halogens is 1. The van der Waals surface area contributed by atoms with Crippen molar-refractivity contribution < 1.29 is 9.66 Å². The molecule has 0 aliphatic carbocycles. The van der Waals surface area contributed by atoms with Crippen LogP contribution in [0.3, 0.4) is 0 Å². The summed E-state index contributed by atoms with van der Waals surface area (Å²) in [5.74, 6) is 0.481. The highest BCUT2D eigenvalue weighted by atomic mass is 79.9. The molecule has 1 aromatic carbocycles. The summed E-state index contributed by atoms with van der Waals surface area (Å²) in [7, 11) is 0. The molecule has 0 aromatic heterocycles. The van der Waals surface area contributed by atoms with Gasteiger partial charge >= 0.3 is 6.73 Å². The molecule has 0 saturated carbocycles. The molecular weight excluding hydrogens is 226 g/mol. The Morgan fingerprint density at radius 1 is 1.50 bits per heavy atom. The highest BCUT2D eigenvalue weighted by Crippen LogP contribution is 2.23. The molecule has 0 atom stereocenters. The smallest absolute Gasteiger partial charge is 0.344 e. The maximum absolute atomic E-state index is 9.95. The molecule has 0 heterocycles. The highest BCUT2D eigenvalue weighted by molar-refractivity contribution is 9.10. The van der Waals surface area contributed by atoms with Crippen LogP contribution < -0.4 is 4.74 Å². The van der Waals surface area contributed by atoms with E-state index in [9.17, 15) is 10.1 Å². The van der Waals surface area contributed by atoms with Crippen LogP contribution in [0.5, 0.6) is 5.75 Å². The van der Waals surface area contributed by atoms with Gasteiger partial charge in [-0.1, -0.05) is 12.1 Å². The van der Waals surface area contributed by atoms with Gasteiger partial charge in [0.15, 0.2) is 0 Å². The number of nitrogens with zero attached hydrogens (tertiary/aromatic N) is 1. The fourth-order valence-corrected chi connectivity index (χ4v) is 1.08. The summed E-state index contributed by atoms with van der Waals surface area (Å²) in [5.41, 5.74) is 0. The number of para-hydroxylation sites is 1. The van der Waals surface area contributed by atoms with Crippen molar-refractivity contribution in [2.24, 2.45) is 0 Å². The van der Waals surface area contributed by atoms with Crippen molar-refractivity contribution in [1.29, 1.82) is 0 Å². The van der Waals surface area contributed by atoms with E-state index in [1.54, 1.807) is 18.2 Å². The first-order valence-electron chi connectivity index (χ1n) is 3.19. The molecule has 0 bridgehead atoms. The van der Waals surface area contributed by atoms with Gasteiger partial charge < -0.3 is 4.74 Å². The van der Waals surface area contributed by atoms with E-state index in [0.29, 0.717) is 10.2 Å². The Kier molecular flexibility index (Phi) is 3.04. The maximum atomic E-state index is 9.95. The second-order valence-corrected chi connectivity index (χ2v) is 2.89. The lowest BCUT2D eigenvalue weighted by Crippen LogP contribution is -2.08. The Labute approximate surface area is 77.4 Å². The van der Waals surface area contributed by atoms with E-state index < -0.39 is 11.7 Å². The standard InChI is InChI=1S/C7H6BrNO3/c8-6-3-1-2-4-7(6)12-5-9(10)11/h1-4H,5H2. The van der Waals surface area contributed by atoms with Gasteiger partial charge in [0.1, 0.15) is 5.75 Å². The second kappa shape index (κ2) is 4.06. The number of benzene rings is 1. The van der Waals surface area contributed by atoms with Crippen molar-refractivity contribution in [3.8, 4) is 5.75 Å². The second-order valence-electron chi connectivity index (χ2n) is 2.04. The Morgan fingerprint density at radius 2 is 2.17 bits per heavy atom. The van der Waals surface area contributed by atoms with Crippen LogP contribution in [0.1, 0.15) is 0 Å². The van der Waals surface area contributed by atoms with Gasteiger partial charge in [0, 0.05) is 0 Å². The first-order valence-corrected chi connectivity index (χ1v) is 3.98. The molecule has 0 aliphatic heterocycles. The fraction of sp³-hybridized carbons (Fsp3) is 0.143. The minimum Gasteiger partial charge on any atom is -0.431 e. The summed E-state index contributed by atoms with van der Waals surface area (Å²) in [6.45, 7) is -0.511. The topological polar surface area (TPSA) is 52.4 Å². The molecule has 0 unspecified atom stereocenters. The molecule has 5 heteroatoms. The summed E-state index contributed by atoms with van der Waals surface area (Å²) < 4.78 is 5.57. The van der Waals surface area contributed by atoms with Crippen molar-refractivity contribution in [1.82, 2.24) is 0 Å². The zero-order valence-electron chi connectivity index (χ0n) is 6.07. The van der Waals surface area contributed by atoms with Gasteiger partial charge in [-0.3, -0.25) is 10.1 Å². The minimum atomic E-state index is -0.528. The van der Waals surface area contributed by atoms with E-state index in [-0.39, 0.29) is 0 Å². The van der Waals surface area contributed by atoms with Crippen LogP contribution in [-0.4, -0.2) is 11.7 Å². The number of hydrogen-bond donors (Lipinski definition) is 0. The first-order chi connectivity index (χ1) is 5.70. The zero-order valence-corrected chi connectivity index (χ0v) is 7.65. The number of nitro groups is 1. The molecule has 0 spiro atoms. The largest absolute Gasteiger partial charge is 0.431 e. The molecule has 12 heavy (non-hydrogen) atoms. The minimum absolute atomic E-state index is 0.481. The monoisotopic (exact) mass is 231 g/mol. The van der Waals surface area contributed by atoms with Gasteiger partial charge in [0.2, 0.25) is 0 Å². The van der Waals surface area contributed by atoms with Crippen LogP contribution in [0, 0.1) is 10.1 Å². The van der Waals surface area contributed by atoms with Gasteiger partial charge in [-0.2, -0.15) is 0 Å². The number of ether oxygens (including phenoxy) is 1. The van der Waals surface area contributed by atoms with Crippen LogP contribution in [0.15, 0.2) is 28.7 Å². The third-order valence-corrected chi connectivity index (χ3v) is 1.82. The molecule has 1 rings (SSSR count). The van der Waals surface area contributed by atoms with Crippen LogP contribution in [0.2, 0.25) is 0 Å². The molecular formula is C7H6BrNO3. The quantitative estimate of drug-likeness (QED) is 0.455. The lowest BCUT2D eigenvalue weighted by Gasteiger charge is -2.01. The van der Waals surface area contributed by atoms with E-state index in [4.69, 9.17) is 4.74 Å². The fourth-order valence-electron chi connectivity index (χ4n) is 0.684. The maximum Gasteiger partial charge on any atom is 0.344 e. The van der Waals surface area contributed by atoms with Gasteiger partial charge in [0.05, 0.1) is 9.40 Å². The van der Waals surface area contributed by atoms with E-state index in [0.717, 1.165) is 0 Å². The third kappa shape index (κ3) is 2.50. The first kappa shape index (κ1) is 8.99. The van der Waals surface area contributed by atoms with Crippen molar-refractivity contribution in [2.75, 3.05) is 6.73 Å². The van der Waals surface area contributed by atoms with Gasteiger partial charge in [0.25, 0.3) is 0 Å². The van der Waals surface area contributed by atoms with Crippen LogP contribution in [0.4, 0.5) is 0 Å². The number of hydrogen-bond acceptors (Lipinski definition) is 3. The Hall–Kier alpha value is -1.10.